The van der Waals surface area contributed by atoms with Crippen molar-refractivity contribution in [2.24, 2.45) is 23.7 Å². The van der Waals surface area contributed by atoms with Crippen molar-refractivity contribution in [3.63, 3.8) is 0 Å². The van der Waals surface area contributed by atoms with Gasteiger partial charge in [0.05, 0.1) is 6.04 Å². The molecule has 3 nitrogen and oxygen atoms in total. The molecule has 1 heterocycles. The van der Waals surface area contributed by atoms with E-state index < -0.39 is 0 Å². The molecule has 2 fully saturated rings. The Labute approximate surface area is 158 Å². The van der Waals surface area contributed by atoms with Crippen LogP contribution in [0.5, 0.6) is 0 Å². The molecule has 140 valence electrons. The molecule has 1 aliphatic heterocycles. The number of halogens is 1. The van der Waals surface area contributed by atoms with Crippen LogP contribution in [0.1, 0.15) is 56.7 Å². The van der Waals surface area contributed by atoms with Gasteiger partial charge in [-0.2, -0.15) is 0 Å². The van der Waals surface area contributed by atoms with Gasteiger partial charge in [0.1, 0.15) is 0 Å². The Bertz CT molecular complexity index is 573. The van der Waals surface area contributed by atoms with Crippen LogP contribution in [0.3, 0.4) is 0 Å². The molecule has 3 rings (SSSR count). The summed E-state index contributed by atoms with van der Waals surface area (Å²) in [6.45, 7) is 8.55. The molecule has 4 unspecified atom stereocenters. The number of aryl methyl sites for hydroxylation is 1. The van der Waals surface area contributed by atoms with Gasteiger partial charge in [0.2, 0.25) is 5.91 Å². The molecule has 0 aromatic heterocycles. The molecule has 25 heavy (non-hydrogen) atoms. The minimum absolute atomic E-state index is 0. The lowest BCUT2D eigenvalue weighted by molar-refractivity contribution is -0.128. The topological polar surface area (TPSA) is 41.1 Å². The SMILES string of the molecule is Cc1ccccc1C(NC(=O)C(C)C1CNC1)C1CCCC(C)C1.Cl. The average molecular weight is 365 g/mol. The molecular formula is C21H33ClN2O. The summed E-state index contributed by atoms with van der Waals surface area (Å²) in [7, 11) is 0. The fourth-order valence-electron chi connectivity index (χ4n) is 4.33. The van der Waals surface area contributed by atoms with Gasteiger partial charge in [0.25, 0.3) is 0 Å². The van der Waals surface area contributed by atoms with Gasteiger partial charge in [-0.3, -0.25) is 4.79 Å². The molecule has 0 spiro atoms. The van der Waals surface area contributed by atoms with Crippen molar-refractivity contribution in [1.29, 1.82) is 0 Å². The predicted octanol–water partition coefficient (Wildman–Crippen LogP) is 4.26. The largest absolute Gasteiger partial charge is 0.349 e. The van der Waals surface area contributed by atoms with Gasteiger partial charge in [-0.1, -0.05) is 51.0 Å². The summed E-state index contributed by atoms with van der Waals surface area (Å²) in [4.78, 5) is 12.9. The summed E-state index contributed by atoms with van der Waals surface area (Å²) in [5.74, 6) is 2.14. The molecule has 2 N–H and O–H groups in total. The third-order valence-electron chi connectivity index (χ3n) is 6.20. The van der Waals surface area contributed by atoms with E-state index in [1.165, 1.54) is 36.8 Å². The van der Waals surface area contributed by atoms with Gasteiger partial charge in [0, 0.05) is 5.92 Å². The number of benzene rings is 1. The second kappa shape index (κ2) is 9.05. The van der Waals surface area contributed by atoms with Gasteiger partial charge < -0.3 is 10.6 Å². The Kier molecular flexibility index (Phi) is 7.33. The van der Waals surface area contributed by atoms with Crippen LogP contribution in [-0.2, 0) is 4.79 Å². The molecule has 1 aromatic carbocycles. The van der Waals surface area contributed by atoms with E-state index >= 15 is 0 Å². The molecule has 2 aliphatic rings. The number of amides is 1. The Morgan fingerprint density at radius 2 is 1.92 bits per heavy atom. The van der Waals surface area contributed by atoms with Gasteiger partial charge in [0.15, 0.2) is 0 Å². The quantitative estimate of drug-likeness (QED) is 0.819. The van der Waals surface area contributed by atoms with E-state index in [4.69, 9.17) is 0 Å². The first kappa shape index (κ1) is 20.3. The van der Waals surface area contributed by atoms with Crippen LogP contribution in [0.15, 0.2) is 24.3 Å². The predicted molar refractivity (Wildman–Crippen MR) is 106 cm³/mol. The zero-order chi connectivity index (χ0) is 17.1. The molecular weight excluding hydrogens is 332 g/mol. The maximum Gasteiger partial charge on any atom is 0.223 e. The van der Waals surface area contributed by atoms with Gasteiger partial charge in [-0.05, 0) is 61.7 Å². The zero-order valence-corrected chi connectivity index (χ0v) is 16.6. The molecule has 1 saturated heterocycles. The first-order valence-corrected chi connectivity index (χ1v) is 9.63. The summed E-state index contributed by atoms with van der Waals surface area (Å²) in [6.07, 6.45) is 5.06. The van der Waals surface area contributed by atoms with E-state index in [1.807, 2.05) is 0 Å². The molecule has 0 bridgehead atoms. The standard InChI is InChI=1S/C21H32N2O.ClH/c1-14-7-6-9-17(11-14)20(19-10-5-4-8-15(19)2)23-21(24)16(3)18-12-22-13-18;/h4-5,8,10,14,16-18,20,22H,6-7,9,11-13H2,1-3H3,(H,23,24);1H. The molecule has 1 aromatic rings. The number of hydrogen-bond acceptors (Lipinski definition) is 2. The van der Waals surface area contributed by atoms with Crippen molar-refractivity contribution in [3.05, 3.63) is 35.4 Å². The lowest BCUT2D eigenvalue weighted by Crippen LogP contribution is -2.50. The van der Waals surface area contributed by atoms with Crippen molar-refractivity contribution < 1.29 is 4.79 Å². The highest BCUT2D eigenvalue weighted by molar-refractivity contribution is 5.85. The van der Waals surface area contributed by atoms with Crippen molar-refractivity contribution in [1.82, 2.24) is 10.6 Å². The molecule has 4 atom stereocenters. The van der Waals surface area contributed by atoms with Crippen LogP contribution in [-0.4, -0.2) is 19.0 Å². The van der Waals surface area contributed by atoms with E-state index in [1.54, 1.807) is 0 Å². The smallest absolute Gasteiger partial charge is 0.223 e. The lowest BCUT2D eigenvalue weighted by Gasteiger charge is -2.37. The average Bonchev–Trinajstić information content (AvgIpc) is 2.51. The van der Waals surface area contributed by atoms with Crippen LogP contribution >= 0.6 is 12.4 Å². The van der Waals surface area contributed by atoms with Gasteiger partial charge >= 0.3 is 0 Å². The lowest BCUT2D eigenvalue weighted by atomic mass is 9.75. The third-order valence-corrected chi connectivity index (χ3v) is 6.20. The second-order valence-corrected chi connectivity index (χ2v) is 8.08. The van der Waals surface area contributed by atoms with Gasteiger partial charge in [-0.15, -0.1) is 12.4 Å². The van der Waals surface area contributed by atoms with Crippen LogP contribution in [0.4, 0.5) is 0 Å². The Balaban J connectivity index is 0.00000225. The first-order chi connectivity index (χ1) is 11.6. The summed E-state index contributed by atoms with van der Waals surface area (Å²) in [6, 6.07) is 8.73. The van der Waals surface area contributed by atoms with Crippen molar-refractivity contribution in [3.8, 4) is 0 Å². The number of nitrogens with one attached hydrogen (secondary N) is 2. The summed E-state index contributed by atoms with van der Waals surface area (Å²) in [5, 5.41) is 6.73. The maximum absolute atomic E-state index is 12.9. The van der Waals surface area contributed by atoms with Crippen molar-refractivity contribution >= 4 is 18.3 Å². The van der Waals surface area contributed by atoms with E-state index in [0.29, 0.717) is 11.8 Å². The highest BCUT2D eigenvalue weighted by atomic mass is 35.5. The van der Waals surface area contributed by atoms with Crippen LogP contribution in [0, 0.1) is 30.6 Å². The summed E-state index contributed by atoms with van der Waals surface area (Å²) in [5.41, 5.74) is 2.60. The zero-order valence-electron chi connectivity index (χ0n) is 15.8. The minimum atomic E-state index is 0. The van der Waals surface area contributed by atoms with E-state index in [0.717, 1.165) is 19.0 Å². The van der Waals surface area contributed by atoms with Crippen LogP contribution in [0.25, 0.3) is 0 Å². The normalized spacial score (nSPS) is 26.0. The summed E-state index contributed by atoms with van der Waals surface area (Å²) >= 11 is 0. The molecule has 1 aliphatic carbocycles. The molecule has 1 saturated carbocycles. The molecule has 0 radical (unpaired) electrons. The fourth-order valence-corrected chi connectivity index (χ4v) is 4.33. The Hall–Kier alpha value is -1.06. The number of carbonyl (C=O) groups excluding carboxylic acids is 1. The monoisotopic (exact) mass is 364 g/mol. The number of rotatable bonds is 5. The number of hydrogen-bond donors (Lipinski definition) is 2. The van der Waals surface area contributed by atoms with E-state index in [-0.39, 0.29) is 30.3 Å². The van der Waals surface area contributed by atoms with E-state index in [9.17, 15) is 4.79 Å². The second-order valence-electron chi connectivity index (χ2n) is 8.08. The highest BCUT2D eigenvalue weighted by Crippen LogP contribution is 2.38. The summed E-state index contributed by atoms with van der Waals surface area (Å²) < 4.78 is 0. The van der Waals surface area contributed by atoms with Gasteiger partial charge in [-0.25, -0.2) is 0 Å². The minimum Gasteiger partial charge on any atom is -0.349 e. The van der Waals surface area contributed by atoms with Crippen molar-refractivity contribution in [2.45, 2.75) is 52.5 Å². The maximum atomic E-state index is 12.9. The third kappa shape index (κ3) is 4.77. The molecule has 4 heteroatoms. The Morgan fingerprint density at radius 3 is 2.52 bits per heavy atom. The van der Waals surface area contributed by atoms with E-state index in [2.05, 4.69) is 55.7 Å². The van der Waals surface area contributed by atoms with Crippen LogP contribution < -0.4 is 10.6 Å². The highest BCUT2D eigenvalue weighted by Gasteiger charge is 2.34. The Morgan fingerprint density at radius 1 is 1.20 bits per heavy atom. The fraction of sp³-hybridized carbons (Fsp3) is 0.667. The van der Waals surface area contributed by atoms with Crippen molar-refractivity contribution in [2.75, 3.05) is 13.1 Å². The molecule has 1 amide bonds. The van der Waals surface area contributed by atoms with Crippen LogP contribution in [0.2, 0.25) is 0 Å². The first-order valence-electron chi connectivity index (χ1n) is 9.63. The number of carbonyl (C=O) groups is 1.